The molecule has 2 rings (SSSR count). The third-order valence-corrected chi connectivity index (χ3v) is 3.88. The number of nitrogens with zero attached hydrogens (tertiary/aromatic N) is 2. The van der Waals surface area contributed by atoms with Crippen molar-refractivity contribution in [2.75, 3.05) is 46.9 Å². The molecule has 0 aromatic rings. The van der Waals surface area contributed by atoms with Crippen molar-refractivity contribution in [3.63, 3.8) is 0 Å². The van der Waals surface area contributed by atoms with Gasteiger partial charge >= 0.3 is 0 Å². The van der Waals surface area contributed by atoms with Gasteiger partial charge in [-0.3, -0.25) is 9.69 Å². The molecule has 0 atom stereocenters. The van der Waals surface area contributed by atoms with E-state index in [-0.39, 0.29) is 5.91 Å². The first-order valence-corrected chi connectivity index (χ1v) is 6.42. The summed E-state index contributed by atoms with van der Waals surface area (Å²) in [5.41, 5.74) is 0. The number of methoxy groups -OCH3 is 1. The quantitative estimate of drug-likeness (QED) is 0.722. The second-order valence-electron chi connectivity index (χ2n) is 5.03. The maximum atomic E-state index is 12.0. The summed E-state index contributed by atoms with van der Waals surface area (Å²) >= 11 is 0. The summed E-state index contributed by atoms with van der Waals surface area (Å²) in [5, 5.41) is 3.26. The molecule has 0 radical (unpaired) electrons. The van der Waals surface area contributed by atoms with Gasteiger partial charge in [-0.1, -0.05) is 0 Å². The molecule has 1 N–H and O–H groups in total. The van der Waals surface area contributed by atoms with Gasteiger partial charge in [-0.05, 0) is 19.9 Å². The number of rotatable bonds is 4. The highest BCUT2D eigenvalue weighted by molar-refractivity contribution is 5.78. The molecule has 1 amide bonds. The van der Waals surface area contributed by atoms with Gasteiger partial charge < -0.3 is 15.0 Å². The molecule has 0 bridgehead atoms. The van der Waals surface area contributed by atoms with Crippen LogP contribution in [0.25, 0.3) is 0 Å². The molecule has 1 saturated carbocycles. The van der Waals surface area contributed by atoms with Crippen LogP contribution in [0.4, 0.5) is 0 Å². The minimum atomic E-state index is 0.259. The van der Waals surface area contributed by atoms with Crippen molar-refractivity contribution in [3.05, 3.63) is 0 Å². The minimum absolute atomic E-state index is 0.259. The smallest absolute Gasteiger partial charge is 0.236 e. The molecular weight excluding hydrogens is 218 g/mol. The van der Waals surface area contributed by atoms with Gasteiger partial charge in [-0.25, -0.2) is 0 Å². The van der Waals surface area contributed by atoms with Crippen LogP contribution in [0.3, 0.4) is 0 Å². The van der Waals surface area contributed by atoms with E-state index in [0.717, 1.165) is 39.0 Å². The van der Waals surface area contributed by atoms with Crippen LogP contribution in [-0.2, 0) is 9.53 Å². The summed E-state index contributed by atoms with van der Waals surface area (Å²) in [6.07, 6.45) is 2.51. The third-order valence-electron chi connectivity index (χ3n) is 3.88. The SMILES string of the molecule is COC1CC(N(C)CC(=O)N2CCNCC2)C1. The Hall–Kier alpha value is -0.650. The molecule has 17 heavy (non-hydrogen) atoms. The van der Waals surface area contributed by atoms with E-state index < -0.39 is 0 Å². The number of hydrogen-bond donors (Lipinski definition) is 1. The summed E-state index contributed by atoms with van der Waals surface area (Å²) in [6.45, 7) is 4.08. The number of carbonyl (C=O) groups excluding carboxylic acids is 1. The predicted octanol–water partition coefficient (Wildman–Crippen LogP) is -0.473. The second-order valence-corrected chi connectivity index (χ2v) is 5.03. The van der Waals surface area contributed by atoms with Crippen LogP contribution in [-0.4, -0.2) is 74.7 Å². The fraction of sp³-hybridized carbons (Fsp3) is 0.917. The lowest BCUT2D eigenvalue weighted by atomic mass is 9.88. The molecule has 0 aromatic heterocycles. The Labute approximate surface area is 103 Å². The summed E-state index contributed by atoms with van der Waals surface area (Å²) in [6, 6.07) is 0.520. The van der Waals surface area contributed by atoms with Crippen molar-refractivity contribution < 1.29 is 9.53 Å². The first kappa shape index (κ1) is 12.8. The predicted molar refractivity (Wildman–Crippen MR) is 65.9 cm³/mol. The number of nitrogens with one attached hydrogen (secondary N) is 1. The summed E-state index contributed by atoms with van der Waals surface area (Å²) in [5.74, 6) is 0.259. The molecule has 2 fully saturated rings. The highest BCUT2D eigenvalue weighted by Gasteiger charge is 2.33. The Balaban J connectivity index is 1.71. The normalized spacial score (nSPS) is 29.2. The Morgan fingerprint density at radius 3 is 2.65 bits per heavy atom. The second kappa shape index (κ2) is 5.80. The van der Waals surface area contributed by atoms with E-state index in [2.05, 4.69) is 10.2 Å². The van der Waals surface area contributed by atoms with E-state index in [1.807, 2.05) is 11.9 Å². The molecule has 1 heterocycles. The Bertz CT molecular complexity index is 260. The zero-order valence-electron chi connectivity index (χ0n) is 10.8. The van der Waals surface area contributed by atoms with E-state index in [1.165, 1.54) is 0 Å². The van der Waals surface area contributed by atoms with Gasteiger partial charge in [-0.15, -0.1) is 0 Å². The number of carbonyl (C=O) groups is 1. The fourth-order valence-corrected chi connectivity index (χ4v) is 2.45. The van der Waals surface area contributed by atoms with Crippen LogP contribution >= 0.6 is 0 Å². The van der Waals surface area contributed by atoms with E-state index in [1.54, 1.807) is 7.11 Å². The van der Waals surface area contributed by atoms with Crippen LogP contribution in [0.5, 0.6) is 0 Å². The lowest BCUT2D eigenvalue weighted by Gasteiger charge is -2.40. The number of likely N-dealkylation sites (N-methyl/N-ethyl adjacent to an activating group) is 1. The van der Waals surface area contributed by atoms with Crippen molar-refractivity contribution in [1.82, 2.24) is 15.1 Å². The highest BCUT2D eigenvalue weighted by atomic mass is 16.5. The maximum Gasteiger partial charge on any atom is 0.236 e. The lowest BCUT2D eigenvalue weighted by Crippen LogP contribution is -2.52. The van der Waals surface area contributed by atoms with Gasteiger partial charge in [0.25, 0.3) is 0 Å². The van der Waals surface area contributed by atoms with Crippen molar-refractivity contribution in [3.8, 4) is 0 Å². The third kappa shape index (κ3) is 3.18. The first-order chi connectivity index (χ1) is 8.20. The zero-order valence-corrected chi connectivity index (χ0v) is 10.8. The summed E-state index contributed by atoms with van der Waals surface area (Å²) in [7, 11) is 3.80. The van der Waals surface area contributed by atoms with Gasteiger partial charge in [0.15, 0.2) is 0 Å². The topological polar surface area (TPSA) is 44.8 Å². The van der Waals surface area contributed by atoms with Crippen LogP contribution in [0.15, 0.2) is 0 Å². The molecule has 0 aromatic carbocycles. The maximum absolute atomic E-state index is 12.0. The molecule has 1 saturated heterocycles. The Kier molecular flexibility index (Phi) is 4.36. The monoisotopic (exact) mass is 241 g/mol. The first-order valence-electron chi connectivity index (χ1n) is 6.42. The lowest BCUT2D eigenvalue weighted by molar-refractivity contribution is -0.134. The Morgan fingerprint density at radius 1 is 1.41 bits per heavy atom. The molecule has 98 valence electrons. The number of hydrogen-bond acceptors (Lipinski definition) is 4. The van der Waals surface area contributed by atoms with Gasteiger partial charge in [0.1, 0.15) is 0 Å². The fourth-order valence-electron chi connectivity index (χ4n) is 2.45. The molecule has 5 nitrogen and oxygen atoms in total. The van der Waals surface area contributed by atoms with E-state index in [0.29, 0.717) is 18.7 Å². The standard InChI is InChI=1S/C12H23N3O2/c1-14(10-7-11(8-10)17-2)9-12(16)15-5-3-13-4-6-15/h10-11,13H,3-9H2,1-2H3. The minimum Gasteiger partial charge on any atom is -0.381 e. The number of piperazine rings is 1. The van der Waals surface area contributed by atoms with Crippen LogP contribution in [0, 0.1) is 0 Å². The van der Waals surface area contributed by atoms with Crippen LogP contribution in [0.2, 0.25) is 0 Å². The van der Waals surface area contributed by atoms with E-state index >= 15 is 0 Å². The average Bonchev–Trinajstić information content (AvgIpc) is 2.28. The molecule has 2 aliphatic rings. The zero-order chi connectivity index (χ0) is 12.3. The molecule has 0 unspecified atom stereocenters. The van der Waals surface area contributed by atoms with E-state index in [9.17, 15) is 4.79 Å². The molecule has 0 spiro atoms. The van der Waals surface area contributed by atoms with Crippen molar-refractivity contribution in [2.24, 2.45) is 0 Å². The van der Waals surface area contributed by atoms with Gasteiger partial charge in [0, 0.05) is 39.3 Å². The van der Waals surface area contributed by atoms with Gasteiger partial charge in [0.05, 0.1) is 12.6 Å². The van der Waals surface area contributed by atoms with E-state index in [4.69, 9.17) is 4.74 Å². The summed E-state index contributed by atoms with van der Waals surface area (Å²) < 4.78 is 5.26. The average molecular weight is 241 g/mol. The molecule has 1 aliphatic carbocycles. The van der Waals surface area contributed by atoms with Crippen molar-refractivity contribution in [1.29, 1.82) is 0 Å². The van der Waals surface area contributed by atoms with Crippen molar-refractivity contribution >= 4 is 5.91 Å². The van der Waals surface area contributed by atoms with Crippen molar-refractivity contribution in [2.45, 2.75) is 25.0 Å². The highest BCUT2D eigenvalue weighted by Crippen LogP contribution is 2.26. The molecule has 5 heteroatoms. The molecule has 1 aliphatic heterocycles. The summed E-state index contributed by atoms with van der Waals surface area (Å²) in [4.78, 5) is 16.2. The molecular formula is C12H23N3O2. The van der Waals surface area contributed by atoms with Gasteiger partial charge in [0.2, 0.25) is 5.91 Å². The van der Waals surface area contributed by atoms with Crippen LogP contribution < -0.4 is 5.32 Å². The van der Waals surface area contributed by atoms with Crippen LogP contribution in [0.1, 0.15) is 12.8 Å². The Morgan fingerprint density at radius 2 is 2.06 bits per heavy atom. The number of amides is 1. The number of ether oxygens (including phenoxy) is 1. The van der Waals surface area contributed by atoms with Gasteiger partial charge in [-0.2, -0.15) is 0 Å². The largest absolute Gasteiger partial charge is 0.381 e.